The number of carbonyl (C=O) groups is 1. The first-order chi connectivity index (χ1) is 5.11. The third-order valence-corrected chi connectivity index (χ3v) is 1.59. The number of carboxylic acid groups (broad SMARTS) is 1. The first kappa shape index (κ1) is 8.09. The molecule has 0 spiro atoms. The molecule has 1 rings (SSSR count). The van der Waals surface area contributed by atoms with E-state index in [0.29, 0.717) is 4.77 Å². The summed E-state index contributed by atoms with van der Waals surface area (Å²) in [5, 5.41) is 8.52. The zero-order valence-electron chi connectivity index (χ0n) is 5.25. The van der Waals surface area contributed by atoms with Crippen LogP contribution in [0.1, 0.15) is 10.4 Å². The van der Waals surface area contributed by atoms with Crippen molar-refractivity contribution < 1.29 is 9.90 Å². The Morgan fingerprint density at radius 3 is 2.64 bits per heavy atom. The van der Waals surface area contributed by atoms with Crippen LogP contribution in [0.2, 0.25) is 0 Å². The molecule has 1 aromatic rings. The van der Waals surface area contributed by atoms with Crippen LogP contribution in [0.25, 0.3) is 0 Å². The Balaban J connectivity index is 3.43. The highest BCUT2D eigenvalue weighted by Gasteiger charge is 2.03. The molecule has 0 aliphatic carbocycles. The van der Waals surface area contributed by atoms with Crippen LogP contribution in [0, 0.1) is 9.41 Å². The van der Waals surface area contributed by atoms with E-state index in [4.69, 9.17) is 17.3 Å². The summed E-state index contributed by atoms with van der Waals surface area (Å²) >= 11 is 9.37. The molecule has 6 heteroatoms. The zero-order valence-corrected chi connectivity index (χ0v) is 6.88. The van der Waals surface area contributed by atoms with Gasteiger partial charge < -0.3 is 15.1 Å². The van der Waals surface area contributed by atoms with Gasteiger partial charge in [-0.15, -0.1) is 0 Å². The maximum atomic E-state index is 10.4. The van der Waals surface area contributed by atoms with Crippen molar-refractivity contribution in [1.29, 1.82) is 0 Å². The Morgan fingerprint density at radius 2 is 2.18 bits per heavy atom. The standard InChI is InChI=1S/C5H4N2O2S2/c8-4(9)2-1-6-5(11)7-3(2)10/h1H,(H,8,9)(H2,6,7,10,11). The van der Waals surface area contributed by atoms with E-state index in [-0.39, 0.29) is 10.2 Å². The largest absolute Gasteiger partial charge is 0.478 e. The van der Waals surface area contributed by atoms with Gasteiger partial charge >= 0.3 is 5.97 Å². The lowest BCUT2D eigenvalue weighted by atomic mass is 10.4. The van der Waals surface area contributed by atoms with Crippen LogP contribution < -0.4 is 0 Å². The number of hydrogen-bond acceptors (Lipinski definition) is 3. The van der Waals surface area contributed by atoms with Crippen LogP contribution in [0.5, 0.6) is 0 Å². The molecule has 4 nitrogen and oxygen atoms in total. The molecule has 0 unspecified atom stereocenters. The molecule has 0 saturated carbocycles. The number of hydrogen-bond donors (Lipinski definition) is 3. The van der Waals surface area contributed by atoms with Gasteiger partial charge in [-0.25, -0.2) is 4.79 Å². The van der Waals surface area contributed by atoms with Gasteiger partial charge in [-0.1, -0.05) is 12.2 Å². The average Bonchev–Trinajstić information content (AvgIpc) is 1.85. The number of aromatic amines is 2. The molecule has 58 valence electrons. The van der Waals surface area contributed by atoms with E-state index < -0.39 is 5.97 Å². The van der Waals surface area contributed by atoms with Crippen molar-refractivity contribution in [2.24, 2.45) is 0 Å². The van der Waals surface area contributed by atoms with Crippen molar-refractivity contribution in [3.8, 4) is 0 Å². The predicted molar refractivity (Wildman–Crippen MR) is 43.8 cm³/mol. The summed E-state index contributed by atoms with van der Waals surface area (Å²) < 4.78 is 0.459. The molecule has 0 atom stereocenters. The predicted octanol–water partition coefficient (Wildman–Crippen LogP) is 1.50. The van der Waals surface area contributed by atoms with Crippen LogP contribution in [-0.4, -0.2) is 21.0 Å². The maximum absolute atomic E-state index is 10.4. The van der Waals surface area contributed by atoms with Gasteiger partial charge in [0, 0.05) is 6.20 Å². The molecule has 0 fully saturated rings. The minimum Gasteiger partial charge on any atom is -0.478 e. The fourth-order valence-electron chi connectivity index (χ4n) is 0.569. The maximum Gasteiger partial charge on any atom is 0.340 e. The van der Waals surface area contributed by atoms with Crippen LogP contribution in [0.3, 0.4) is 0 Å². The molecule has 1 heterocycles. The summed E-state index contributed by atoms with van der Waals surface area (Å²) in [6.45, 7) is 0. The molecule has 0 aromatic carbocycles. The van der Waals surface area contributed by atoms with Crippen LogP contribution >= 0.6 is 24.4 Å². The SMILES string of the molecule is O=C(O)c1c[nH]c(=S)[nH]c1=S. The molecule has 11 heavy (non-hydrogen) atoms. The van der Waals surface area contributed by atoms with Gasteiger partial charge in [0.25, 0.3) is 0 Å². The first-order valence-electron chi connectivity index (χ1n) is 2.66. The van der Waals surface area contributed by atoms with Crippen molar-refractivity contribution in [2.45, 2.75) is 0 Å². The minimum atomic E-state index is -1.07. The summed E-state index contributed by atoms with van der Waals surface area (Å²) in [6.07, 6.45) is 1.27. The van der Waals surface area contributed by atoms with Gasteiger partial charge in [-0.3, -0.25) is 0 Å². The lowest BCUT2D eigenvalue weighted by Crippen LogP contribution is -1.99. The molecular formula is C5H4N2O2S2. The monoisotopic (exact) mass is 188 g/mol. The van der Waals surface area contributed by atoms with Crippen molar-refractivity contribution in [3.05, 3.63) is 21.2 Å². The third kappa shape index (κ3) is 1.72. The number of aromatic nitrogens is 2. The van der Waals surface area contributed by atoms with Gasteiger partial charge in [0.05, 0.1) is 0 Å². The Labute approximate surface area is 71.9 Å². The molecule has 0 aliphatic heterocycles. The van der Waals surface area contributed by atoms with Crippen molar-refractivity contribution in [2.75, 3.05) is 0 Å². The van der Waals surface area contributed by atoms with Gasteiger partial charge in [-0.2, -0.15) is 0 Å². The third-order valence-electron chi connectivity index (χ3n) is 1.05. The molecule has 0 saturated heterocycles. The summed E-state index contributed by atoms with van der Waals surface area (Å²) in [7, 11) is 0. The fraction of sp³-hybridized carbons (Fsp3) is 0. The summed E-state index contributed by atoms with van der Waals surface area (Å²) in [5.41, 5.74) is 0.0219. The number of H-pyrrole nitrogens is 2. The van der Waals surface area contributed by atoms with E-state index in [2.05, 4.69) is 22.2 Å². The van der Waals surface area contributed by atoms with Gasteiger partial charge in [0.15, 0.2) is 4.77 Å². The minimum absolute atomic E-state index is 0.0219. The van der Waals surface area contributed by atoms with Crippen LogP contribution in [-0.2, 0) is 0 Å². The summed E-state index contributed by atoms with van der Waals surface area (Å²) in [5.74, 6) is -1.07. The number of nitrogens with one attached hydrogen (secondary N) is 2. The van der Waals surface area contributed by atoms with E-state index in [1.165, 1.54) is 6.20 Å². The molecule has 0 aliphatic rings. The van der Waals surface area contributed by atoms with Crippen molar-refractivity contribution >= 4 is 30.4 Å². The Bertz CT molecular complexity index is 392. The Morgan fingerprint density at radius 1 is 1.55 bits per heavy atom. The molecule has 3 N–H and O–H groups in total. The normalized spacial score (nSPS) is 9.45. The van der Waals surface area contributed by atoms with Gasteiger partial charge in [-0.05, 0) is 12.2 Å². The quantitative estimate of drug-likeness (QED) is 0.584. The fourth-order valence-corrected chi connectivity index (χ4v) is 1.04. The zero-order chi connectivity index (χ0) is 8.43. The van der Waals surface area contributed by atoms with E-state index in [1.807, 2.05) is 0 Å². The Kier molecular flexibility index (Phi) is 2.16. The second kappa shape index (κ2) is 2.93. The summed E-state index contributed by atoms with van der Waals surface area (Å²) in [6, 6.07) is 0. The van der Waals surface area contributed by atoms with Crippen molar-refractivity contribution in [3.63, 3.8) is 0 Å². The second-order valence-corrected chi connectivity index (χ2v) is 2.61. The molecule has 1 aromatic heterocycles. The molecule has 0 amide bonds. The van der Waals surface area contributed by atoms with E-state index in [1.54, 1.807) is 0 Å². The average molecular weight is 188 g/mol. The number of carboxylic acids is 1. The molecular weight excluding hydrogens is 184 g/mol. The summed E-state index contributed by atoms with van der Waals surface area (Å²) in [4.78, 5) is 15.4. The topological polar surface area (TPSA) is 68.9 Å². The van der Waals surface area contributed by atoms with Gasteiger partial charge in [0.2, 0.25) is 0 Å². The second-order valence-electron chi connectivity index (χ2n) is 1.79. The highest BCUT2D eigenvalue weighted by Crippen LogP contribution is 1.96. The first-order valence-corrected chi connectivity index (χ1v) is 3.48. The lowest BCUT2D eigenvalue weighted by Gasteiger charge is -1.92. The Hall–Kier alpha value is -1.01. The highest BCUT2D eigenvalue weighted by atomic mass is 32.1. The molecule has 0 bridgehead atoms. The van der Waals surface area contributed by atoms with E-state index in [9.17, 15) is 4.79 Å². The van der Waals surface area contributed by atoms with E-state index in [0.717, 1.165) is 0 Å². The molecule has 0 radical (unpaired) electrons. The van der Waals surface area contributed by atoms with E-state index >= 15 is 0 Å². The van der Waals surface area contributed by atoms with Gasteiger partial charge in [0.1, 0.15) is 10.2 Å². The lowest BCUT2D eigenvalue weighted by molar-refractivity contribution is 0.0695. The highest BCUT2D eigenvalue weighted by molar-refractivity contribution is 7.72. The number of rotatable bonds is 1. The van der Waals surface area contributed by atoms with Crippen molar-refractivity contribution in [1.82, 2.24) is 9.97 Å². The number of aromatic carboxylic acids is 1. The smallest absolute Gasteiger partial charge is 0.340 e. The van der Waals surface area contributed by atoms with Crippen LogP contribution in [0.4, 0.5) is 0 Å². The van der Waals surface area contributed by atoms with Crippen LogP contribution in [0.15, 0.2) is 6.20 Å².